The van der Waals surface area contributed by atoms with E-state index < -0.39 is 11.7 Å². The van der Waals surface area contributed by atoms with E-state index in [9.17, 15) is 9.18 Å². The van der Waals surface area contributed by atoms with Crippen LogP contribution < -0.4 is 10.6 Å². The number of benzene rings is 1. The van der Waals surface area contributed by atoms with E-state index in [4.69, 9.17) is 4.42 Å². The largest absolute Gasteiger partial charge is 0.406 e. The van der Waals surface area contributed by atoms with Crippen LogP contribution in [0.4, 0.5) is 10.4 Å². The topological polar surface area (TPSA) is 80.0 Å². The number of anilines is 1. The number of carbonyl (C=O) groups is 1. The van der Waals surface area contributed by atoms with Gasteiger partial charge in [0.2, 0.25) is 5.89 Å². The molecule has 1 amide bonds. The summed E-state index contributed by atoms with van der Waals surface area (Å²) in [4.78, 5) is 12.0. The molecule has 1 aliphatic heterocycles. The van der Waals surface area contributed by atoms with Gasteiger partial charge in [-0.2, -0.15) is 0 Å². The van der Waals surface area contributed by atoms with Gasteiger partial charge in [-0.05, 0) is 47.4 Å². The number of halogens is 2. The second kappa shape index (κ2) is 5.90. The molecule has 0 spiro atoms. The Labute approximate surface area is 128 Å². The molecule has 0 radical (unpaired) electrons. The maximum absolute atomic E-state index is 13.8. The molecule has 1 aromatic carbocycles. The van der Waals surface area contributed by atoms with Crippen molar-refractivity contribution in [1.82, 2.24) is 15.5 Å². The summed E-state index contributed by atoms with van der Waals surface area (Å²) < 4.78 is 19.4. The van der Waals surface area contributed by atoms with Gasteiger partial charge in [0, 0.05) is 0 Å². The summed E-state index contributed by atoms with van der Waals surface area (Å²) in [6, 6.07) is 4.45. The molecule has 1 atom stereocenters. The number of hydrogen-bond donors (Lipinski definition) is 2. The summed E-state index contributed by atoms with van der Waals surface area (Å²) in [5.74, 6) is -0.840. The van der Waals surface area contributed by atoms with Crippen molar-refractivity contribution in [3.05, 3.63) is 39.9 Å². The molecule has 2 N–H and O–H groups in total. The summed E-state index contributed by atoms with van der Waals surface area (Å²) in [6.07, 6.45) is 1.95. The first kappa shape index (κ1) is 14.2. The molecule has 0 bridgehead atoms. The van der Waals surface area contributed by atoms with E-state index in [1.165, 1.54) is 12.1 Å². The number of rotatable bonds is 3. The van der Waals surface area contributed by atoms with Crippen molar-refractivity contribution < 1.29 is 13.6 Å². The molecule has 1 saturated heterocycles. The van der Waals surface area contributed by atoms with Crippen molar-refractivity contribution >= 4 is 27.9 Å². The van der Waals surface area contributed by atoms with Crippen LogP contribution in [0.3, 0.4) is 0 Å². The Kier molecular flexibility index (Phi) is 3.98. The molecule has 110 valence electrons. The molecular weight excluding hydrogens is 343 g/mol. The van der Waals surface area contributed by atoms with Crippen LogP contribution in [0.25, 0.3) is 0 Å². The Balaban J connectivity index is 1.74. The Morgan fingerprint density at radius 2 is 2.33 bits per heavy atom. The predicted octanol–water partition coefficient (Wildman–Crippen LogP) is 2.65. The Morgan fingerprint density at radius 1 is 1.48 bits per heavy atom. The molecule has 2 aromatic rings. The minimum absolute atomic E-state index is 0.0192. The van der Waals surface area contributed by atoms with Crippen molar-refractivity contribution in [2.24, 2.45) is 0 Å². The third-order valence-electron chi connectivity index (χ3n) is 3.22. The second-order valence-electron chi connectivity index (χ2n) is 4.65. The second-order valence-corrected chi connectivity index (χ2v) is 5.50. The molecule has 6 nitrogen and oxygen atoms in total. The van der Waals surface area contributed by atoms with Gasteiger partial charge >= 0.3 is 6.01 Å². The number of aromatic nitrogens is 2. The average molecular weight is 355 g/mol. The van der Waals surface area contributed by atoms with Crippen LogP contribution in [0.5, 0.6) is 0 Å². The first-order chi connectivity index (χ1) is 10.1. The fourth-order valence-corrected chi connectivity index (χ4v) is 2.53. The molecule has 1 fully saturated rings. The zero-order chi connectivity index (χ0) is 14.8. The van der Waals surface area contributed by atoms with Gasteiger partial charge in [-0.1, -0.05) is 11.2 Å². The van der Waals surface area contributed by atoms with E-state index in [-0.39, 0.29) is 22.1 Å². The lowest BCUT2D eigenvalue weighted by molar-refractivity contribution is 0.102. The number of hydrogen-bond acceptors (Lipinski definition) is 5. The molecule has 8 heteroatoms. The lowest BCUT2D eigenvalue weighted by Crippen LogP contribution is -2.14. The first-order valence-corrected chi connectivity index (χ1v) is 7.26. The first-order valence-electron chi connectivity index (χ1n) is 6.47. The zero-order valence-electron chi connectivity index (χ0n) is 10.9. The van der Waals surface area contributed by atoms with Gasteiger partial charge in [-0.15, -0.1) is 5.10 Å². The van der Waals surface area contributed by atoms with E-state index in [1.807, 2.05) is 0 Å². The normalized spacial score (nSPS) is 17.9. The summed E-state index contributed by atoms with van der Waals surface area (Å²) >= 11 is 3.03. The molecule has 1 aliphatic rings. The van der Waals surface area contributed by atoms with Crippen LogP contribution in [0.15, 0.2) is 27.1 Å². The van der Waals surface area contributed by atoms with Gasteiger partial charge in [0.25, 0.3) is 5.91 Å². The number of nitrogens with zero attached hydrogens (tertiary/aromatic N) is 2. The SMILES string of the molecule is O=C(Nc1nnc(C2CCCN2)o1)c1cccc(Br)c1F. The fraction of sp³-hybridized carbons (Fsp3) is 0.308. The summed E-state index contributed by atoms with van der Waals surface area (Å²) in [7, 11) is 0. The smallest absolute Gasteiger partial charge is 0.322 e. The monoisotopic (exact) mass is 354 g/mol. The number of amides is 1. The van der Waals surface area contributed by atoms with E-state index in [0.717, 1.165) is 19.4 Å². The lowest BCUT2D eigenvalue weighted by Gasteiger charge is -2.04. The zero-order valence-corrected chi connectivity index (χ0v) is 12.5. The highest BCUT2D eigenvalue weighted by Gasteiger charge is 2.23. The third kappa shape index (κ3) is 2.96. The van der Waals surface area contributed by atoms with Crippen LogP contribution in [-0.4, -0.2) is 22.6 Å². The molecule has 1 aromatic heterocycles. The quantitative estimate of drug-likeness (QED) is 0.885. The van der Waals surface area contributed by atoms with E-state index in [2.05, 4.69) is 36.8 Å². The summed E-state index contributed by atoms with van der Waals surface area (Å²) in [5.41, 5.74) is -0.0943. The van der Waals surface area contributed by atoms with E-state index >= 15 is 0 Å². The Hall–Kier alpha value is -1.80. The predicted molar refractivity (Wildman–Crippen MR) is 76.3 cm³/mol. The van der Waals surface area contributed by atoms with Crippen LogP contribution in [-0.2, 0) is 0 Å². The van der Waals surface area contributed by atoms with E-state index in [1.54, 1.807) is 6.07 Å². The fourth-order valence-electron chi connectivity index (χ4n) is 2.16. The van der Waals surface area contributed by atoms with E-state index in [0.29, 0.717) is 5.89 Å². The maximum atomic E-state index is 13.8. The molecule has 3 rings (SSSR count). The number of nitrogens with one attached hydrogen (secondary N) is 2. The van der Waals surface area contributed by atoms with Gasteiger partial charge in [-0.3, -0.25) is 10.1 Å². The Morgan fingerprint density at radius 3 is 3.10 bits per heavy atom. The highest BCUT2D eigenvalue weighted by atomic mass is 79.9. The Bertz CT molecular complexity index is 670. The highest BCUT2D eigenvalue weighted by molar-refractivity contribution is 9.10. The van der Waals surface area contributed by atoms with Gasteiger partial charge in [-0.25, -0.2) is 4.39 Å². The molecule has 2 heterocycles. The maximum Gasteiger partial charge on any atom is 0.322 e. The van der Waals surface area contributed by atoms with Crippen molar-refractivity contribution in [2.75, 3.05) is 11.9 Å². The highest BCUT2D eigenvalue weighted by Crippen LogP contribution is 2.23. The van der Waals surface area contributed by atoms with Crippen LogP contribution in [0, 0.1) is 5.82 Å². The molecular formula is C13H12BrFN4O2. The van der Waals surface area contributed by atoms with Gasteiger partial charge in [0.1, 0.15) is 5.82 Å². The van der Waals surface area contributed by atoms with Crippen LogP contribution in [0.1, 0.15) is 35.1 Å². The van der Waals surface area contributed by atoms with Gasteiger partial charge in [0.15, 0.2) is 0 Å². The standard InChI is InChI=1S/C13H12BrFN4O2/c14-8-4-1-3-7(10(8)15)11(20)17-13-19-18-12(21-13)9-5-2-6-16-9/h1,3-4,9,16H,2,5-6H2,(H,17,19,20). The number of carbonyl (C=O) groups excluding carboxylic acids is 1. The third-order valence-corrected chi connectivity index (χ3v) is 3.83. The molecule has 0 aliphatic carbocycles. The molecule has 0 saturated carbocycles. The van der Waals surface area contributed by atoms with Gasteiger partial charge in [0.05, 0.1) is 16.1 Å². The van der Waals surface area contributed by atoms with Crippen molar-refractivity contribution in [3.63, 3.8) is 0 Å². The summed E-state index contributed by atoms with van der Waals surface area (Å²) in [6.45, 7) is 0.901. The minimum Gasteiger partial charge on any atom is -0.406 e. The van der Waals surface area contributed by atoms with Crippen LogP contribution in [0.2, 0.25) is 0 Å². The lowest BCUT2D eigenvalue weighted by atomic mass is 10.2. The average Bonchev–Trinajstić information content (AvgIpc) is 3.12. The van der Waals surface area contributed by atoms with Crippen molar-refractivity contribution in [2.45, 2.75) is 18.9 Å². The molecule has 21 heavy (non-hydrogen) atoms. The van der Waals surface area contributed by atoms with Crippen molar-refractivity contribution in [1.29, 1.82) is 0 Å². The molecule has 1 unspecified atom stereocenters. The van der Waals surface area contributed by atoms with Crippen molar-refractivity contribution in [3.8, 4) is 0 Å². The van der Waals surface area contributed by atoms with Crippen LogP contribution >= 0.6 is 15.9 Å². The summed E-state index contributed by atoms with van der Waals surface area (Å²) in [5, 5.41) is 13.3. The minimum atomic E-state index is -0.636. The van der Waals surface area contributed by atoms with Gasteiger partial charge < -0.3 is 9.73 Å².